The second-order valence-corrected chi connectivity index (χ2v) is 6.15. The van der Waals surface area contributed by atoms with Gasteiger partial charge in [0.15, 0.2) is 0 Å². The summed E-state index contributed by atoms with van der Waals surface area (Å²) in [6.07, 6.45) is 5.69. The van der Waals surface area contributed by atoms with Gasteiger partial charge >= 0.3 is 0 Å². The molecule has 1 saturated heterocycles. The Morgan fingerprint density at radius 3 is 2.46 bits per heavy atom. The van der Waals surface area contributed by atoms with Gasteiger partial charge in [-0.2, -0.15) is 0 Å². The minimum atomic E-state index is -0.419. The molecule has 1 heterocycles. The number of hydrogen-bond donors (Lipinski definition) is 1. The molecule has 1 aromatic rings. The lowest BCUT2D eigenvalue weighted by Gasteiger charge is -2.14. The van der Waals surface area contributed by atoms with Crippen molar-refractivity contribution in [2.75, 3.05) is 11.9 Å². The van der Waals surface area contributed by atoms with Crippen molar-refractivity contribution >= 4 is 23.4 Å². The Kier molecular flexibility index (Phi) is 4.74. The molecular weight excluding hydrogens is 311 g/mol. The third kappa shape index (κ3) is 3.37. The zero-order chi connectivity index (χ0) is 17.1. The molecule has 1 aliphatic heterocycles. The van der Waals surface area contributed by atoms with Crippen molar-refractivity contribution in [2.45, 2.75) is 25.7 Å². The number of hydrogen-bond acceptors (Lipinski definition) is 3. The molecule has 3 amide bonds. The first-order valence-corrected chi connectivity index (χ1v) is 8.12. The Morgan fingerprint density at radius 2 is 1.83 bits per heavy atom. The average Bonchev–Trinajstić information content (AvgIpc) is 2.80. The predicted octanol–water partition coefficient (Wildman–Crippen LogP) is 2.50. The summed E-state index contributed by atoms with van der Waals surface area (Å²) in [7, 11) is 0. The Morgan fingerprint density at radius 1 is 1.17 bits per heavy atom. The number of anilines is 1. The molecule has 2 aliphatic rings. The van der Waals surface area contributed by atoms with Gasteiger partial charge in [0.2, 0.25) is 17.7 Å². The van der Waals surface area contributed by atoms with E-state index in [9.17, 15) is 18.8 Å². The topological polar surface area (TPSA) is 66.5 Å². The number of carbonyl (C=O) groups is 3. The molecule has 3 rings (SSSR count). The Balaban J connectivity index is 1.49. The van der Waals surface area contributed by atoms with Crippen LogP contribution in [0.1, 0.15) is 25.7 Å². The second kappa shape index (κ2) is 6.95. The fraction of sp³-hybridized carbons (Fsp3) is 0.389. The summed E-state index contributed by atoms with van der Waals surface area (Å²) in [5.74, 6) is -1.40. The number of carbonyl (C=O) groups excluding carboxylic acids is 3. The zero-order valence-corrected chi connectivity index (χ0v) is 13.2. The summed E-state index contributed by atoms with van der Waals surface area (Å²) in [6, 6.07) is 5.66. The normalized spacial score (nSPS) is 22.6. The maximum atomic E-state index is 13.1. The number of allylic oxidation sites excluding steroid dienone is 2. The van der Waals surface area contributed by atoms with Gasteiger partial charge in [0.05, 0.1) is 11.8 Å². The van der Waals surface area contributed by atoms with Gasteiger partial charge < -0.3 is 5.32 Å². The van der Waals surface area contributed by atoms with Crippen LogP contribution in [-0.4, -0.2) is 29.2 Å². The van der Waals surface area contributed by atoms with E-state index in [1.54, 1.807) is 6.07 Å². The summed E-state index contributed by atoms with van der Waals surface area (Å²) in [5, 5.41) is 2.60. The first kappa shape index (κ1) is 16.4. The molecule has 2 atom stereocenters. The lowest BCUT2D eigenvalue weighted by molar-refractivity contribution is -0.140. The molecule has 0 spiro atoms. The van der Waals surface area contributed by atoms with Crippen LogP contribution in [0.15, 0.2) is 36.4 Å². The van der Waals surface area contributed by atoms with Crippen molar-refractivity contribution in [3.63, 3.8) is 0 Å². The van der Waals surface area contributed by atoms with E-state index in [0.29, 0.717) is 24.9 Å². The number of likely N-dealkylation sites (tertiary alicyclic amines) is 1. The molecule has 0 aromatic heterocycles. The second-order valence-electron chi connectivity index (χ2n) is 6.15. The van der Waals surface area contributed by atoms with Crippen LogP contribution < -0.4 is 5.32 Å². The van der Waals surface area contributed by atoms with E-state index in [1.165, 1.54) is 23.1 Å². The summed E-state index contributed by atoms with van der Waals surface area (Å²) >= 11 is 0. The molecule has 1 aromatic carbocycles. The van der Waals surface area contributed by atoms with E-state index in [2.05, 4.69) is 5.32 Å². The Bertz CT molecular complexity index is 675. The largest absolute Gasteiger partial charge is 0.326 e. The lowest BCUT2D eigenvalue weighted by atomic mass is 9.85. The molecule has 0 saturated carbocycles. The van der Waals surface area contributed by atoms with E-state index in [-0.39, 0.29) is 42.5 Å². The average molecular weight is 330 g/mol. The van der Waals surface area contributed by atoms with Crippen LogP contribution in [0.3, 0.4) is 0 Å². The Labute approximate surface area is 139 Å². The minimum absolute atomic E-state index is 0.125. The fourth-order valence-corrected chi connectivity index (χ4v) is 3.28. The monoisotopic (exact) mass is 330 g/mol. The van der Waals surface area contributed by atoms with Crippen molar-refractivity contribution < 1.29 is 18.8 Å². The maximum Gasteiger partial charge on any atom is 0.233 e. The number of amides is 3. The third-order valence-corrected chi connectivity index (χ3v) is 4.49. The number of benzene rings is 1. The van der Waals surface area contributed by atoms with Crippen LogP contribution in [0.2, 0.25) is 0 Å². The van der Waals surface area contributed by atoms with Gasteiger partial charge in [-0.25, -0.2) is 4.39 Å². The molecule has 0 radical (unpaired) electrons. The third-order valence-electron chi connectivity index (χ3n) is 4.49. The summed E-state index contributed by atoms with van der Waals surface area (Å²) in [6.45, 7) is 0.251. The maximum absolute atomic E-state index is 13.1. The van der Waals surface area contributed by atoms with Crippen molar-refractivity contribution in [1.29, 1.82) is 0 Å². The highest BCUT2D eigenvalue weighted by atomic mass is 19.1. The summed E-state index contributed by atoms with van der Waals surface area (Å²) < 4.78 is 13.1. The van der Waals surface area contributed by atoms with Gasteiger partial charge in [0.25, 0.3) is 0 Å². The van der Waals surface area contributed by atoms with Crippen molar-refractivity contribution in [3.8, 4) is 0 Å². The van der Waals surface area contributed by atoms with Crippen LogP contribution in [-0.2, 0) is 14.4 Å². The van der Waals surface area contributed by atoms with E-state index in [0.717, 1.165) is 0 Å². The summed E-state index contributed by atoms with van der Waals surface area (Å²) in [5.41, 5.74) is 0.394. The molecule has 1 aliphatic carbocycles. The Hall–Kier alpha value is -2.50. The lowest BCUT2D eigenvalue weighted by Crippen LogP contribution is -2.32. The molecule has 126 valence electrons. The van der Waals surface area contributed by atoms with Gasteiger partial charge in [-0.1, -0.05) is 18.2 Å². The van der Waals surface area contributed by atoms with Crippen molar-refractivity contribution in [3.05, 3.63) is 42.2 Å². The molecule has 0 bridgehead atoms. The number of rotatable bonds is 5. The van der Waals surface area contributed by atoms with Crippen LogP contribution in [0.5, 0.6) is 0 Å². The number of nitrogens with zero attached hydrogens (tertiary/aromatic N) is 1. The molecule has 5 nitrogen and oxygen atoms in total. The minimum Gasteiger partial charge on any atom is -0.326 e. The highest BCUT2D eigenvalue weighted by Gasteiger charge is 2.46. The van der Waals surface area contributed by atoms with Gasteiger partial charge in [0.1, 0.15) is 5.82 Å². The van der Waals surface area contributed by atoms with Crippen LogP contribution in [0.25, 0.3) is 0 Å². The van der Waals surface area contributed by atoms with E-state index >= 15 is 0 Å². The van der Waals surface area contributed by atoms with Crippen molar-refractivity contribution in [2.24, 2.45) is 11.8 Å². The zero-order valence-electron chi connectivity index (χ0n) is 13.2. The molecule has 6 heteroatoms. The van der Waals surface area contributed by atoms with Crippen molar-refractivity contribution in [1.82, 2.24) is 4.90 Å². The van der Waals surface area contributed by atoms with E-state index in [4.69, 9.17) is 0 Å². The predicted molar refractivity (Wildman–Crippen MR) is 86.3 cm³/mol. The SMILES string of the molecule is O=C(CCCN1C(=O)C2CC=CCC2C1=O)Nc1cccc(F)c1. The highest BCUT2D eigenvalue weighted by molar-refractivity contribution is 6.05. The van der Waals surface area contributed by atoms with Crippen LogP contribution >= 0.6 is 0 Å². The molecule has 1 N–H and O–H groups in total. The number of imide groups is 1. The molecule has 2 unspecified atom stereocenters. The molecule has 1 fully saturated rings. The number of fused-ring (bicyclic) bond motifs is 1. The number of halogens is 1. The summed E-state index contributed by atoms with van der Waals surface area (Å²) in [4.78, 5) is 37.7. The van der Waals surface area contributed by atoms with E-state index < -0.39 is 5.82 Å². The van der Waals surface area contributed by atoms with Gasteiger partial charge in [-0.3, -0.25) is 19.3 Å². The standard InChI is InChI=1S/C18H19FN2O3/c19-12-5-3-6-13(11-12)20-16(22)9-4-10-21-17(23)14-7-1-2-8-15(14)18(21)24/h1-3,5-6,11,14-15H,4,7-10H2,(H,20,22). The molecule has 24 heavy (non-hydrogen) atoms. The number of nitrogens with one attached hydrogen (secondary N) is 1. The highest BCUT2D eigenvalue weighted by Crippen LogP contribution is 2.35. The first-order chi connectivity index (χ1) is 11.6. The van der Waals surface area contributed by atoms with Crippen LogP contribution in [0.4, 0.5) is 10.1 Å². The smallest absolute Gasteiger partial charge is 0.233 e. The van der Waals surface area contributed by atoms with Gasteiger partial charge in [-0.15, -0.1) is 0 Å². The first-order valence-electron chi connectivity index (χ1n) is 8.12. The quantitative estimate of drug-likeness (QED) is 0.666. The fourth-order valence-electron chi connectivity index (χ4n) is 3.28. The van der Waals surface area contributed by atoms with Crippen LogP contribution in [0, 0.1) is 17.7 Å². The van der Waals surface area contributed by atoms with E-state index in [1.807, 2.05) is 12.2 Å². The van der Waals surface area contributed by atoms with Gasteiger partial charge in [0, 0.05) is 18.7 Å². The molecular formula is C18H19FN2O3. The van der Waals surface area contributed by atoms with Gasteiger partial charge in [-0.05, 0) is 37.5 Å².